The molecule has 0 radical (unpaired) electrons. The van der Waals surface area contributed by atoms with E-state index in [-0.39, 0.29) is 0 Å². The maximum Gasteiger partial charge on any atom is 0.119 e. The number of anilines is 1. The molecule has 2 N–H and O–H groups in total. The average molecular weight is 231 g/mol. The minimum atomic E-state index is 0.343. The first kappa shape index (κ1) is 11.5. The summed E-state index contributed by atoms with van der Waals surface area (Å²) in [4.78, 5) is 0. The Balaban J connectivity index is 2.44. The van der Waals surface area contributed by atoms with Gasteiger partial charge >= 0.3 is 0 Å². The predicted octanol–water partition coefficient (Wildman–Crippen LogP) is 2.72. The number of nitrogens with zero attached hydrogens (tertiary/aromatic N) is 2. The van der Waals surface area contributed by atoms with Crippen LogP contribution in [0.25, 0.3) is 11.1 Å². The van der Waals surface area contributed by atoms with E-state index in [1.54, 1.807) is 7.11 Å². The van der Waals surface area contributed by atoms with E-state index in [0.29, 0.717) is 6.04 Å². The van der Waals surface area contributed by atoms with E-state index in [1.807, 2.05) is 35.3 Å². The standard InChI is InChI=1S/C13H17N3O/c1-9(2)16-8-10(7-15-16)12-6-11(17-3)4-5-13(12)14/h4-9H,14H2,1-3H3. The molecule has 0 spiro atoms. The summed E-state index contributed by atoms with van der Waals surface area (Å²) in [6.45, 7) is 4.18. The molecule has 4 nitrogen and oxygen atoms in total. The first-order valence-electron chi connectivity index (χ1n) is 5.60. The molecule has 0 fully saturated rings. The van der Waals surface area contributed by atoms with Crippen LogP contribution in [-0.4, -0.2) is 16.9 Å². The van der Waals surface area contributed by atoms with Crippen LogP contribution in [0.5, 0.6) is 5.75 Å². The van der Waals surface area contributed by atoms with E-state index in [0.717, 1.165) is 22.6 Å². The summed E-state index contributed by atoms with van der Waals surface area (Å²) in [6.07, 6.45) is 3.82. The highest BCUT2D eigenvalue weighted by Crippen LogP contribution is 2.29. The normalized spacial score (nSPS) is 10.8. The number of hydrogen-bond acceptors (Lipinski definition) is 3. The number of benzene rings is 1. The quantitative estimate of drug-likeness (QED) is 0.826. The number of ether oxygens (including phenoxy) is 1. The van der Waals surface area contributed by atoms with E-state index < -0.39 is 0 Å². The third-order valence-electron chi connectivity index (χ3n) is 2.70. The minimum Gasteiger partial charge on any atom is -0.497 e. The summed E-state index contributed by atoms with van der Waals surface area (Å²) in [5.74, 6) is 0.798. The molecule has 4 heteroatoms. The molecule has 2 aromatic rings. The van der Waals surface area contributed by atoms with Crippen LogP contribution in [-0.2, 0) is 0 Å². The molecule has 90 valence electrons. The molecule has 1 heterocycles. The lowest BCUT2D eigenvalue weighted by Crippen LogP contribution is -1.99. The van der Waals surface area contributed by atoms with Crippen LogP contribution in [0.4, 0.5) is 5.69 Å². The highest BCUT2D eigenvalue weighted by atomic mass is 16.5. The molecular formula is C13H17N3O. The van der Waals surface area contributed by atoms with Crippen LogP contribution in [0, 0.1) is 0 Å². The molecule has 17 heavy (non-hydrogen) atoms. The van der Waals surface area contributed by atoms with Crippen molar-refractivity contribution < 1.29 is 4.74 Å². The van der Waals surface area contributed by atoms with E-state index in [2.05, 4.69) is 18.9 Å². The van der Waals surface area contributed by atoms with Gasteiger partial charge < -0.3 is 10.5 Å². The number of methoxy groups -OCH3 is 1. The van der Waals surface area contributed by atoms with Gasteiger partial charge in [0, 0.05) is 29.1 Å². The summed E-state index contributed by atoms with van der Waals surface area (Å²) in [5, 5.41) is 4.31. The number of nitrogens with two attached hydrogens (primary N) is 1. The van der Waals surface area contributed by atoms with Gasteiger partial charge in [0.25, 0.3) is 0 Å². The largest absolute Gasteiger partial charge is 0.497 e. The van der Waals surface area contributed by atoms with Crippen LogP contribution < -0.4 is 10.5 Å². The van der Waals surface area contributed by atoms with Crippen LogP contribution in [0.1, 0.15) is 19.9 Å². The fourth-order valence-electron chi connectivity index (χ4n) is 1.67. The van der Waals surface area contributed by atoms with Crippen molar-refractivity contribution in [2.45, 2.75) is 19.9 Å². The van der Waals surface area contributed by atoms with Gasteiger partial charge in [0.05, 0.1) is 13.3 Å². The number of hydrogen-bond donors (Lipinski definition) is 1. The molecule has 2 rings (SSSR count). The van der Waals surface area contributed by atoms with E-state index in [1.165, 1.54) is 0 Å². The van der Waals surface area contributed by atoms with E-state index >= 15 is 0 Å². The summed E-state index contributed by atoms with van der Waals surface area (Å²) in [7, 11) is 1.65. The van der Waals surface area contributed by atoms with Gasteiger partial charge in [-0.3, -0.25) is 4.68 Å². The zero-order valence-electron chi connectivity index (χ0n) is 10.3. The van der Waals surface area contributed by atoms with Crippen molar-refractivity contribution >= 4 is 5.69 Å². The second-order valence-corrected chi connectivity index (χ2v) is 4.26. The smallest absolute Gasteiger partial charge is 0.119 e. The fraction of sp³-hybridized carbons (Fsp3) is 0.308. The Kier molecular flexibility index (Phi) is 3.04. The second-order valence-electron chi connectivity index (χ2n) is 4.26. The van der Waals surface area contributed by atoms with Crippen molar-refractivity contribution in [3.05, 3.63) is 30.6 Å². The van der Waals surface area contributed by atoms with Gasteiger partial charge in [0.1, 0.15) is 5.75 Å². The molecule has 0 saturated carbocycles. The Morgan fingerprint density at radius 1 is 1.35 bits per heavy atom. The van der Waals surface area contributed by atoms with Crippen molar-refractivity contribution in [3.8, 4) is 16.9 Å². The minimum absolute atomic E-state index is 0.343. The molecule has 1 aromatic heterocycles. The second kappa shape index (κ2) is 4.49. The highest BCUT2D eigenvalue weighted by Gasteiger charge is 2.08. The molecule has 0 bridgehead atoms. The molecule has 0 aliphatic rings. The Morgan fingerprint density at radius 3 is 2.71 bits per heavy atom. The Hall–Kier alpha value is -1.97. The van der Waals surface area contributed by atoms with E-state index in [9.17, 15) is 0 Å². The molecular weight excluding hydrogens is 214 g/mol. The fourth-order valence-corrected chi connectivity index (χ4v) is 1.67. The van der Waals surface area contributed by atoms with Crippen molar-refractivity contribution in [3.63, 3.8) is 0 Å². The lowest BCUT2D eigenvalue weighted by atomic mass is 10.1. The van der Waals surface area contributed by atoms with E-state index in [4.69, 9.17) is 10.5 Å². The summed E-state index contributed by atoms with van der Waals surface area (Å²) < 4.78 is 7.11. The van der Waals surface area contributed by atoms with Crippen molar-refractivity contribution in [1.29, 1.82) is 0 Å². The lowest BCUT2D eigenvalue weighted by molar-refractivity contribution is 0.415. The average Bonchev–Trinajstić information content (AvgIpc) is 2.79. The van der Waals surface area contributed by atoms with Gasteiger partial charge in [-0.2, -0.15) is 5.10 Å². The zero-order chi connectivity index (χ0) is 12.4. The number of aromatic nitrogens is 2. The van der Waals surface area contributed by atoms with Gasteiger partial charge in [0.15, 0.2) is 0 Å². The highest BCUT2D eigenvalue weighted by molar-refractivity contribution is 5.76. The maximum absolute atomic E-state index is 5.97. The molecule has 0 aliphatic carbocycles. The molecule has 1 aromatic carbocycles. The van der Waals surface area contributed by atoms with Gasteiger partial charge in [-0.05, 0) is 32.0 Å². The van der Waals surface area contributed by atoms with Crippen LogP contribution in [0.3, 0.4) is 0 Å². The summed E-state index contributed by atoms with van der Waals surface area (Å²) in [6, 6.07) is 5.97. The zero-order valence-corrected chi connectivity index (χ0v) is 10.3. The first-order chi connectivity index (χ1) is 8.11. The maximum atomic E-state index is 5.97. The van der Waals surface area contributed by atoms with Crippen molar-refractivity contribution in [1.82, 2.24) is 9.78 Å². The van der Waals surface area contributed by atoms with Crippen molar-refractivity contribution in [2.75, 3.05) is 12.8 Å². The van der Waals surface area contributed by atoms with Gasteiger partial charge in [-0.1, -0.05) is 0 Å². The third kappa shape index (κ3) is 2.25. The van der Waals surface area contributed by atoms with Crippen LogP contribution >= 0.6 is 0 Å². The molecule has 0 amide bonds. The van der Waals surface area contributed by atoms with Crippen LogP contribution in [0.15, 0.2) is 30.6 Å². The Labute approximate surface area is 101 Å². The van der Waals surface area contributed by atoms with Crippen molar-refractivity contribution in [2.24, 2.45) is 0 Å². The topological polar surface area (TPSA) is 53.1 Å². The first-order valence-corrected chi connectivity index (χ1v) is 5.60. The Bertz CT molecular complexity index is 517. The molecule has 0 saturated heterocycles. The molecule has 0 aliphatic heterocycles. The lowest BCUT2D eigenvalue weighted by Gasteiger charge is -2.06. The molecule has 0 atom stereocenters. The number of rotatable bonds is 3. The summed E-state index contributed by atoms with van der Waals surface area (Å²) in [5.41, 5.74) is 8.66. The van der Waals surface area contributed by atoms with Gasteiger partial charge in [-0.15, -0.1) is 0 Å². The SMILES string of the molecule is COc1ccc(N)c(-c2cnn(C(C)C)c2)c1. The third-order valence-corrected chi connectivity index (χ3v) is 2.70. The summed E-state index contributed by atoms with van der Waals surface area (Å²) >= 11 is 0. The monoisotopic (exact) mass is 231 g/mol. The number of nitrogen functional groups attached to an aromatic ring is 1. The van der Waals surface area contributed by atoms with Crippen LogP contribution in [0.2, 0.25) is 0 Å². The molecule has 0 unspecified atom stereocenters. The van der Waals surface area contributed by atoms with Gasteiger partial charge in [-0.25, -0.2) is 0 Å². The Morgan fingerprint density at radius 2 is 2.12 bits per heavy atom. The predicted molar refractivity (Wildman–Crippen MR) is 69.0 cm³/mol. The van der Waals surface area contributed by atoms with Gasteiger partial charge in [0.2, 0.25) is 0 Å².